The number of fused-ring (bicyclic) bond motifs is 2. The normalized spacial score (nSPS) is 18.0. The van der Waals surface area contributed by atoms with E-state index in [2.05, 4.69) is 23.3 Å². The van der Waals surface area contributed by atoms with Crippen molar-refractivity contribution in [2.24, 2.45) is 0 Å². The summed E-state index contributed by atoms with van der Waals surface area (Å²) in [5.41, 5.74) is 4.12. The van der Waals surface area contributed by atoms with Crippen LogP contribution in [0.5, 0.6) is 0 Å². The summed E-state index contributed by atoms with van der Waals surface area (Å²) in [5.74, 6) is 0. The van der Waals surface area contributed by atoms with Gasteiger partial charge >= 0.3 is 0 Å². The first-order valence-corrected chi connectivity index (χ1v) is 9.33. The van der Waals surface area contributed by atoms with E-state index in [0.717, 1.165) is 42.8 Å². The highest BCUT2D eigenvalue weighted by atomic mass is 32.1. The molecule has 0 aromatic carbocycles. The van der Waals surface area contributed by atoms with E-state index in [1.807, 2.05) is 30.4 Å². The molecule has 0 aliphatic carbocycles. The summed E-state index contributed by atoms with van der Waals surface area (Å²) in [5, 5.41) is 2.20. The molecule has 5 heteroatoms. The zero-order valence-corrected chi connectivity index (χ0v) is 14.8. The van der Waals surface area contributed by atoms with Crippen molar-refractivity contribution in [2.75, 3.05) is 6.54 Å². The molecule has 3 aromatic heterocycles. The van der Waals surface area contributed by atoms with Gasteiger partial charge in [0.2, 0.25) is 0 Å². The van der Waals surface area contributed by atoms with E-state index in [1.54, 1.807) is 16.7 Å². The number of aromatic nitrogens is 2. The second-order valence-corrected chi connectivity index (χ2v) is 7.41. The summed E-state index contributed by atoms with van der Waals surface area (Å²) in [6.45, 7) is 5.99. The minimum absolute atomic E-state index is 0.0000183. The van der Waals surface area contributed by atoms with Gasteiger partial charge in [-0.05, 0) is 48.4 Å². The summed E-state index contributed by atoms with van der Waals surface area (Å²) < 4.78 is 1.63. The lowest BCUT2D eigenvalue weighted by atomic mass is 9.97. The number of aryl methyl sites for hydroxylation is 1. The first kappa shape index (κ1) is 15.5. The molecule has 0 unspecified atom stereocenters. The highest BCUT2D eigenvalue weighted by Crippen LogP contribution is 2.35. The van der Waals surface area contributed by atoms with E-state index >= 15 is 0 Å². The van der Waals surface area contributed by atoms with E-state index in [9.17, 15) is 4.79 Å². The molecule has 0 saturated carbocycles. The van der Waals surface area contributed by atoms with Gasteiger partial charge in [0.15, 0.2) is 0 Å². The molecule has 0 N–H and O–H groups in total. The minimum Gasteiger partial charge on any atom is -0.290 e. The molecule has 0 fully saturated rings. The van der Waals surface area contributed by atoms with Crippen LogP contribution in [0.1, 0.15) is 41.1 Å². The van der Waals surface area contributed by atoms with Crippen LogP contribution < -0.4 is 5.56 Å². The molecule has 0 bridgehead atoms. The highest BCUT2D eigenvalue weighted by molar-refractivity contribution is 7.10. The lowest BCUT2D eigenvalue weighted by Crippen LogP contribution is -2.34. The Morgan fingerprint density at radius 1 is 1.38 bits per heavy atom. The van der Waals surface area contributed by atoms with Gasteiger partial charge in [0.1, 0.15) is 5.65 Å². The SMILES string of the molecule is CC[C@@H]1c2ccsc2CCN1Cc1cc(=O)n2cccc(C)c2n1. The van der Waals surface area contributed by atoms with Gasteiger partial charge < -0.3 is 0 Å². The molecule has 4 heterocycles. The van der Waals surface area contributed by atoms with Crippen LogP contribution in [-0.4, -0.2) is 20.8 Å². The lowest BCUT2D eigenvalue weighted by Gasteiger charge is -2.35. The lowest BCUT2D eigenvalue weighted by molar-refractivity contribution is 0.171. The van der Waals surface area contributed by atoms with Crippen molar-refractivity contribution in [1.82, 2.24) is 14.3 Å². The summed E-state index contributed by atoms with van der Waals surface area (Å²) in [7, 11) is 0. The average molecular weight is 339 g/mol. The fourth-order valence-electron chi connectivity index (χ4n) is 3.71. The molecule has 0 amide bonds. The molecule has 4 rings (SSSR count). The van der Waals surface area contributed by atoms with E-state index in [4.69, 9.17) is 4.98 Å². The molecule has 0 spiro atoms. The molecule has 0 saturated heterocycles. The molecule has 1 aliphatic rings. The Morgan fingerprint density at radius 2 is 2.25 bits per heavy atom. The van der Waals surface area contributed by atoms with Gasteiger partial charge in [0, 0.05) is 36.3 Å². The number of nitrogens with zero attached hydrogens (tertiary/aromatic N) is 3. The van der Waals surface area contributed by atoms with Crippen LogP contribution in [0, 0.1) is 6.92 Å². The van der Waals surface area contributed by atoms with Crippen molar-refractivity contribution in [3.63, 3.8) is 0 Å². The number of rotatable bonds is 3. The zero-order valence-electron chi connectivity index (χ0n) is 14.0. The fourth-order valence-corrected chi connectivity index (χ4v) is 4.64. The van der Waals surface area contributed by atoms with E-state index < -0.39 is 0 Å². The van der Waals surface area contributed by atoms with Gasteiger partial charge in [-0.3, -0.25) is 14.1 Å². The number of pyridine rings is 1. The molecule has 4 nitrogen and oxygen atoms in total. The van der Waals surface area contributed by atoms with Crippen molar-refractivity contribution in [3.05, 3.63) is 67.9 Å². The predicted molar refractivity (Wildman–Crippen MR) is 97.7 cm³/mol. The van der Waals surface area contributed by atoms with E-state index in [1.165, 1.54) is 10.4 Å². The molecule has 0 radical (unpaired) electrons. The second-order valence-electron chi connectivity index (χ2n) is 6.41. The van der Waals surface area contributed by atoms with E-state index in [0.29, 0.717) is 6.04 Å². The Morgan fingerprint density at radius 3 is 3.08 bits per heavy atom. The second kappa shape index (κ2) is 6.15. The Balaban J connectivity index is 1.70. The van der Waals surface area contributed by atoms with E-state index in [-0.39, 0.29) is 5.56 Å². The number of hydrogen-bond donors (Lipinski definition) is 0. The van der Waals surface area contributed by atoms with Gasteiger partial charge in [0.05, 0.1) is 5.69 Å². The molecule has 1 aliphatic heterocycles. The molecular weight excluding hydrogens is 318 g/mol. The smallest absolute Gasteiger partial charge is 0.258 e. The van der Waals surface area contributed by atoms with Gasteiger partial charge in [0.25, 0.3) is 5.56 Å². The number of thiophene rings is 1. The van der Waals surface area contributed by atoms with Gasteiger partial charge in [-0.2, -0.15) is 0 Å². The standard InChI is InChI=1S/C19H21N3OS/c1-3-16-15-7-10-24-17(15)6-9-21(16)12-14-11-18(23)22-8-4-5-13(2)19(22)20-14/h4-5,7-8,10-11,16H,3,6,9,12H2,1-2H3/t16-/m1/s1. The van der Waals surface area contributed by atoms with Gasteiger partial charge in [-0.15, -0.1) is 11.3 Å². The third-order valence-electron chi connectivity index (χ3n) is 4.90. The van der Waals surface area contributed by atoms with Gasteiger partial charge in [-0.25, -0.2) is 4.98 Å². The summed E-state index contributed by atoms with van der Waals surface area (Å²) in [6, 6.07) is 8.26. The van der Waals surface area contributed by atoms with Crippen LogP contribution in [0.2, 0.25) is 0 Å². The van der Waals surface area contributed by atoms with Crippen molar-refractivity contribution in [2.45, 2.75) is 39.3 Å². The van der Waals surface area contributed by atoms with Crippen LogP contribution >= 0.6 is 11.3 Å². The third-order valence-corrected chi connectivity index (χ3v) is 5.89. The fraction of sp³-hybridized carbons (Fsp3) is 0.368. The molecule has 24 heavy (non-hydrogen) atoms. The maximum Gasteiger partial charge on any atom is 0.258 e. The van der Waals surface area contributed by atoms with Crippen LogP contribution in [0.4, 0.5) is 0 Å². The molecule has 3 aromatic rings. The van der Waals surface area contributed by atoms with Crippen molar-refractivity contribution >= 4 is 17.0 Å². The Bertz CT molecular complexity index is 943. The Kier molecular flexibility index (Phi) is 3.98. The Labute approximate surface area is 145 Å². The van der Waals surface area contributed by atoms with Crippen LogP contribution in [0.25, 0.3) is 5.65 Å². The maximum absolute atomic E-state index is 12.4. The third kappa shape index (κ3) is 2.58. The first-order chi connectivity index (χ1) is 11.7. The number of hydrogen-bond acceptors (Lipinski definition) is 4. The zero-order chi connectivity index (χ0) is 16.7. The summed E-state index contributed by atoms with van der Waals surface area (Å²) in [6.07, 6.45) is 3.96. The largest absolute Gasteiger partial charge is 0.290 e. The van der Waals surface area contributed by atoms with Crippen molar-refractivity contribution in [1.29, 1.82) is 0 Å². The van der Waals surface area contributed by atoms with Crippen molar-refractivity contribution in [3.8, 4) is 0 Å². The summed E-state index contributed by atoms with van der Waals surface area (Å²) in [4.78, 5) is 21.2. The maximum atomic E-state index is 12.4. The highest BCUT2D eigenvalue weighted by Gasteiger charge is 2.27. The quantitative estimate of drug-likeness (QED) is 0.732. The van der Waals surface area contributed by atoms with Crippen LogP contribution in [-0.2, 0) is 13.0 Å². The average Bonchev–Trinajstić information content (AvgIpc) is 3.04. The topological polar surface area (TPSA) is 37.6 Å². The first-order valence-electron chi connectivity index (χ1n) is 8.45. The molecular formula is C19H21N3OS. The molecule has 1 atom stereocenters. The monoisotopic (exact) mass is 339 g/mol. The van der Waals surface area contributed by atoms with Crippen LogP contribution in [0.3, 0.4) is 0 Å². The van der Waals surface area contributed by atoms with Gasteiger partial charge in [-0.1, -0.05) is 13.0 Å². The molecule has 124 valence electrons. The summed E-state index contributed by atoms with van der Waals surface area (Å²) >= 11 is 1.86. The predicted octanol–water partition coefficient (Wildman–Crippen LogP) is 3.57. The van der Waals surface area contributed by atoms with Crippen LogP contribution in [0.15, 0.2) is 40.6 Å². The Hall–Kier alpha value is -1.98. The van der Waals surface area contributed by atoms with Crippen molar-refractivity contribution < 1.29 is 0 Å². The minimum atomic E-state index is -0.0000183.